The molecule has 0 spiro atoms. The summed E-state index contributed by atoms with van der Waals surface area (Å²) >= 11 is 0. The first-order valence-corrected chi connectivity index (χ1v) is 9.91. The Labute approximate surface area is 145 Å². The van der Waals surface area contributed by atoms with Gasteiger partial charge in [0.25, 0.3) is 0 Å². The third-order valence-corrected chi connectivity index (χ3v) is 6.30. The lowest BCUT2D eigenvalue weighted by atomic mass is 10.1. The standard InChI is InChI=1S/C17H28N2O4S/c1-18(2)24(21,22)14-16-11-19(12-17(16)20)9-6-10-23-13-15-7-4-3-5-8-15/h3-5,7-8,16-17,20H,6,9-14H2,1-2H3/t16-,17-/m0/s1. The molecule has 1 aliphatic rings. The maximum atomic E-state index is 11.9. The minimum atomic E-state index is -3.28. The van der Waals surface area contributed by atoms with E-state index in [9.17, 15) is 13.5 Å². The summed E-state index contributed by atoms with van der Waals surface area (Å²) < 4.78 is 30.8. The molecule has 1 aromatic rings. The van der Waals surface area contributed by atoms with E-state index in [4.69, 9.17) is 4.74 Å². The SMILES string of the molecule is CN(C)S(=O)(=O)C[C@@H]1CN(CCCOCc2ccccc2)C[C@@H]1O. The van der Waals surface area contributed by atoms with Gasteiger partial charge in [-0.05, 0) is 12.0 Å². The number of nitrogens with zero attached hydrogens (tertiary/aromatic N) is 2. The molecular formula is C17H28N2O4S. The molecule has 7 heteroatoms. The molecule has 2 rings (SSSR count). The van der Waals surface area contributed by atoms with E-state index in [1.807, 2.05) is 30.3 Å². The summed E-state index contributed by atoms with van der Waals surface area (Å²) in [5.74, 6) is -0.218. The fraction of sp³-hybridized carbons (Fsp3) is 0.647. The molecule has 1 N–H and O–H groups in total. The molecule has 0 aromatic heterocycles. The minimum Gasteiger partial charge on any atom is -0.391 e. The van der Waals surface area contributed by atoms with Crippen LogP contribution in [0.4, 0.5) is 0 Å². The van der Waals surface area contributed by atoms with Crippen molar-refractivity contribution in [1.82, 2.24) is 9.21 Å². The highest BCUT2D eigenvalue weighted by atomic mass is 32.2. The van der Waals surface area contributed by atoms with E-state index in [1.165, 1.54) is 18.4 Å². The Morgan fingerprint density at radius 3 is 2.62 bits per heavy atom. The van der Waals surface area contributed by atoms with E-state index >= 15 is 0 Å². The van der Waals surface area contributed by atoms with Gasteiger partial charge in [-0.1, -0.05) is 30.3 Å². The number of hydrogen-bond acceptors (Lipinski definition) is 5. The Bertz CT molecular complexity index is 592. The molecule has 6 nitrogen and oxygen atoms in total. The summed E-state index contributed by atoms with van der Waals surface area (Å²) in [6, 6.07) is 10.0. The van der Waals surface area contributed by atoms with Crippen molar-refractivity contribution in [3.05, 3.63) is 35.9 Å². The summed E-state index contributed by atoms with van der Waals surface area (Å²) in [5.41, 5.74) is 1.16. The van der Waals surface area contributed by atoms with Crippen LogP contribution in [-0.4, -0.2) is 74.9 Å². The summed E-state index contributed by atoms with van der Waals surface area (Å²) in [5, 5.41) is 10.1. The van der Waals surface area contributed by atoms with Crippen LogP contribution in [0.2, 0.25) is 0 Å². The molecule has 0 saturated carbocycles. The average molecular weight is 356 g/mol. The molecule has 1 aliphatic heterocycles. The van der Waals surface area contributed by atoms with Crippen LogP contribution in [0.5, 0.6) is 0 Å². The van der Waals surface area contributed by atoms with Gasteiger partial charge < -0.3 is 14.7 Å². The normalized spacial score (nSPS) is 22.3. The molecule has 0 amide bonds. The maximum absolute atomic E-state index is 11.9. The highest BCUT2D eigenvalue weighted by Gasteiger charge is 2.34. The van der Waals surface area contributed by atoms with E-state index in [1.54, 1.807) is 0 Å². The molecule has 0 unspecified atom stereocenters. The summed E-state index contributed by atoms with van der Waals surface area (Å²) in [6.45, 7) is 3.22. The van der Waals surface area contributed by atoms with Gasteiger partial charge in [0, 0.05) is 46.3 Å². The predicted molar refractivity (Wildman–Crippen MR) is 94.1 cm³/mol. The van der Waals surface area contributed by atoms with E-state index < -0.39 is 16.1 Å². The van der Waals surface area contributed by atoms with Crippen LogP contribution in [0.3, 0.4) is 0 Å². The highest BCUT2D eigenvalue weighted by molar-refractivity contribution is 7.89. The van der Waals surface area contributed by atoms with Gasteiger partial charge in [0.05, 0.1) is 18.5 Å². The second kappa shape index (κ2) is 8.92. The first kappa shape index (κ1) is 19.3. The van der Waals surface area contributed by atoms with Gasteiger partial charge in [-0.25, -0.2) is 12.7 Å². The third-order valence-electron chi connectivity index (χ3n) is 4.34. The maximum Gasteiger partial charge on any atom is 0.214 e. The number of benzene rings is 1. The molecule has 136 valence electrons. The van der Waals surface area contributed by atoms with Crippen molar-refractivity contribution < 1.29 is 18.3 Å². The van der Waals surface area contributed by atoms with Gasteiger partial charge in [-0.3, -0.25) is 0 Å². The molecule has 0 aliphatic carbocycles. The number of aliphatic hydroxyl groups is 1. The molecule has 1 fully saturated rings. The smallest absolute Gasteiger partial charge is 0.214 e. The zero-order valence-corrected chi connectivity index (χ0v) is 15.3. The first-order valence-electron chi connectivity index (χ1n) is 8.31. The second-order valence-corrected chi connectivity index (χ2v) is 8.77. The lowest BCUT2D eigenvalue weighted by molar-refractivity contribution is 0.108. The van der Waals surface area contributed by atoms with E-state index in [2.05, 4.69) is 4.90 Å². The van der Waals surface area contributed by atoms with Crippen LogP contribution in [0, 0.1) is 5.92 Å². The van der Waals surface area contributed by atoms with E-state index in [0.717, 1.165) is 18.5 Å². The first-order chi connectivity index (χ1) is 11.4. The van der Waals surface area contributed by atoms with Gasteiger partial charge in [0.2, 0.25) is 10.0 Å². The highest BCUT2D eigenvalue weighted by Crippen LogP contribution is 2.20. The number of β-amino-alcohol motifs (C(OH)–C–C–N with tert-alkyl or cyclic N) is 1. The van der Waals surface area contributed by atoms with Gasteiger partial charge in [-0.2, -0.15) is 0 Å². The average Bonchev–Trinajstić information content (AvgIpc) is 2.87. The monoisotopic (exact) mass is 356 g/mol. The van der Waals surface area contributed by atoms with Gasteiger partial charge in [0.1, 0.15) is 0 Å². The number of rotatable bonds is 9. The minimum absolute atomic E-state index is 0.00216. The fourth-order valence-electron chi connectivity index (χ4n) is 2.86. The number of ether oxygens (including phenoxy) is 1. The zero-order valence-electron chi connectivity index (χ0n) is 14.5. The summed E-state index contributed by atoms with van der Waals surface area (Å²) in [7, 11) is -0.223. The summed E-state index contributed by atoms with van der Waals surface area (Å²) in [6.07, 6.45) is 0.289. The Balaban J connectivity index is 1.66. The van der Waals surface area contributed by atoms with Crippen molar-refractivity contribution in [2.45, 2.75) is 19.1 Å². The topological polar surface area (TPSA) is 70.1 Å². The van der Waals surface area contributed by atoms with E-state index in [0.29, 0.717) is 26.3 Å². The fourth-order valence-corrected chi connectivity index (χ4v) is 4.03. The van der Waals surface area contributed by atoms with Crippen LogP contribution in [0.15, 0.2) is 30.3 Å². The predicted octanol–water partition coefficient (Wildman–Crippen LogP) is 0.777. The Hall–Kier alpha value is -0.990. The second-order valence-electron chi connectivity index (χ2n) is 6.54. The lowest BCUT2D eigenvalue weighted by Crippen LogP contribution is -2.33. The summed E-state index contributed by atoms with van der Waals surface area (Å²) in [4.78, 5) is 2.12. The molecular weight excluding hydrogens is 328 g/mol. The molecule has 0 bridgehead atoms. The molecule has 24 heavy (non-hydrogen) atoms. The van der Waals surface area contributed by atoms with Crippen molar-refractivity contribution >= 4 is 10.0 Å². The Morgan fingerprint density at radius 1 is 1.25 bits per heavy atom. The van der Waals surface area contributed by atoms with Crippen molar-refractivity contribution in [3.8, 4) is 0 Å². The molecule has 1 saturated heterocycles. The van der Waals surface area contributed by atoms with Crippen LogP contribution < -0.4 is 0 Å². The van der Waals surface area contributed by atoms with E-state index in [-0.39, 0.29) is 11.7 Å². The van der Waals surface area contributed by atoms with Crippen LogP contribution in [0.25, 0.3) is 0 Å². The number of aliphatic hydroxyl groups excluding tert-OH is 1. The van der Waals surface area contributed by atoms with Gasteiger partial charge in [0.15, 0.2) is 0 Å². The zero-order chi connectivity index (χ0) is 17.6. The Kier molecular flexibility index (Phi) is 7.18. The molecule has 1 heterocycles. The molecule has 2 atom stereocenters. The number of sulfonamides is 1. The largest absolute Gasteiger partial charge is 0.391 e. The Morgan fingerprint density at radius 2 is 1.96 bits per heavy atom. The van der Waals surface area contributed by atoms with Crippen LogP contribution in [-0.2, 0) is 21.4 Å². The van der Waals surface area contributed by atoms with Crippen LogP contribution in [0.1, 0.15) is 12.0 Å². The van der Waals surface area contributed by atoms with Gasteiger partial charge >= 0.3 is 0 Å². The van der Waals surface area contributed by atoms with Gasteiger partial charge in [-0.15, -0.1) is 0 Å². The van der Waals surface area contributed by atoms with Crippen molar-refractivity contribution in [1.29, 1.82) is 0 Å². The van der Waals surface area contributed by atoms with Crippen LogP contribution >= 0.6 is 0 Å². The number of likely N-dealkylation sites (tertiary alicyclic amines) is 1. The molecule has 0 radical (unpaired) electrons. The lowest BCUT2D eigenvalue weighted by Gasteiger charge is -2.18. The van der Waals surface area contributed by atoms with Crippen molar-refractivity contribution in [3.63, 3.8) is 0 Å². The quantitative estimate of drug-likeness (QED) is 0.662. The third kappa shape index (κ3) is 5.82. The van der Waals surface area contributed by atoms with Crippen molar-refractivity contribution in [2.75, 3.05) is 46.1 Å². The van der Waals surface area contributed by atoms with Crippen molar-refractivity contribution in [2.24, 2.45) is 5.92 Å². The number of hydrogen-bond donors (Lipinski definition) is 1. The molecule has 1 aromatic carbocycles.